The minimum absolute atomic E-state index is 0.00961. The van der Waals surface area contributed by atoms with E-state index in [2.05, 4.69) is 25.0 Å². The van der Waals surface area contributed by atoms with Crippen LogP contribution in [0, 0.1) is 5.82 Å². The molecule has 1 saturated carbocycles. The molecule has 4 heterocycles. The predicted molar refractivity (Wildman–Crippen MR) is 163 cm³/mol. The van der Waals surface area contributed by atoms with Gasteiger partial charge in [-0.15, -0.1) is 0 Å². The van der Waals surface area contributed by atoms with Crippen molar-refractivity contribution >= 4 is 38.2 Å². The first-order chi connectivity index (χ1) is 20.5. The van der Waals surface area contributed by atoms with Crippen molar-refractivity contribution in [1.82, 2.24) is 20.3 Å². The van der Waals surface area contributed by atoms with Crippen molar-refractivity contribution in [1.29, 1.82) is 0 Å². The molecule has 2 aliphatic rings. The lowest BCUT2D eigenvalue weighted by Crippen LogP contribution is -2.48. The second-order valence-electron chi connectivity index (χ2n) is 11.6. The number of benzene rings is 1. The quantitative estimate of drug-likeness (QED) is 0.270. The molecule has 1 amide bonds. The molecule has 224 valence electrons. The molecular formula is C31H33FN6O4S. The van der Waals surface area contributed by atoms with E-state index in [1.54, 1.807) is 30.4 Å². The molecule has 3 aromatic heterocycles. The molecule has 0 unspecified atom stereocenters. The van der Waals surface area contributed by atoms with Gasteiger partial charge in [-0.1, -0.05) is 19.9 Å². The van der Waals surface area contributed by atoms with Crippen LogP contribution >= 0.6 is 0 Å². The molecule has 4 aromatic rings. The fourth-order valence-corrected chi connectivity index (χ4v) is 6.73. The number of carbonyl (C=O) groups excluding carboxylic acids is 1. The molecule has 1 aliphatic carbocycles. The largest absolute Gasteiger partial charge is 0.475 e. The summed E-state index contributed by atoms with van der Waals surface area (Å²) in [6.45, 7) is 4.81. The lowest BCUT2D eigenvalue weighted by molar-refractivity contribution is -0.126. The Morgan fingerprint density at radius 2 is 1.93 bits per heavy atom. The molecule has 1 spiro atoms. The van der Waals surface area contributed by atoms with E-state index in [-0.39, 0.29) is 41.6 Å². The van der Waals surface area contributed by atoms with Gasteiger partial charge < -0.3 is 15.0 Å². The highest BCUT2D eigenvalue weighted by Gasteiger charge is 2.59. The maximum Gasteiger partial charge on any atom is 0.238 e. The van der Waals surface area contributed by atoms with E-state index in [4.69, 9.17) is 4.74 Å². The van der Waals surface area contributed by atoms with Crippen molar-refractivity contribution in [2.24, 2.45) is 0 Å². The Morgan fingerprint density at radius 3 is 2.63 bits per heavy atom. The number of sulfonamides is 1. The summed E-state index contributed by atoms with van der Waals surface area (Å²) < 4.78 is 48.2. The Kier molecular flexibility index (Phi) is 7.29. The third-order valence-corrected chi connectivity index (χ3v) is 8.73. The SMILES string of the molecule is CC(C)NCCOc1ncc(-c2cc3c(cc2F)ncc2c3[C@]3(C[C@H](c4ccccn4)C3)C(=O)N2C)cc1NS(C)(=O)=O. The van der Waals surface area contributed by atoms with E-state index in [9.17, 15) is 13.2 Å². The van der Waals surface area contributed by atoms with Crippen molar-refractivity contribution < 1.29 is 22.3 Å². The summed E-state index contributed by atoms with van der Waals surface area (Å²) in [6, 6.07) is 10.6. The van der Waals surface area contributed by atoms with Crippen LogP contribution in [0.3, 0.4) is 0 Å². The average Bonchev–Trinajstić information content (AvgIpc) is 3.16. The zero-order chi connectivity index (χ0) is 30.5. The second kappa shape index (κ2) is 10.8. The first kappa shape index (κ1) is 28.9. The maximum atomic E-state index is 15.6. The topological polar surface area (TPSA) is 126 Å². The monoisotopic (exact) mass is 604 g/mol. The summed E-state index contributed by atoms with van der Waals surface area (Å²) in [7, 11) is -1.94. The molecule has 43 heavy (non-hydrogen) atoms. The molecule has 0 atom stereocenters. The molecule has 2 N–H and O–H groups in total. The number of hydrogen-bond acceptors (Lipinski definition) is 8. The number of pyridine rings is 3. The number of amides is 1. The van der Waals surface area contributed by atoms with Gasteiger partial charge in [0.1, 0.15) is 18.1 Å². The summed E-state index contributed by atoms with van der Waals surface area (Å²) >= 11 is 0. The highest BCUT2D eigenvalue weighted by atomic mass is 32.2. The normalized spacial score (nSPS) is 19.6. The average molecular weight is 605 g/mol. The van der Waals surface area contributed by atoms with E-state index in [1.165, 1.54) is 18.3 Å². The van der Waals surface area contributed by atoms with Crippen LogP contribution < -0.4 is 19.7 Å². The number of aromatic nitrogens is 3. The van der Waals surface area contributed by atoms with Gasteiger partial charge in [0, 0.05) is 71.8 Å². The van der Waals surface area contributed by atoms with Crippen molar-refractivity contribution in [2.75, 3.05) is 36.1 Å². The number of nitrogens with one attached hydrogen (secondary N) is 2. The van der Waals surface area contributed by atoms with Gasteiger partial charge in [0.05, 0.1) is 29.1 Å². The molecule has 6 rings (SSSR count). The Morgan fingerprint density at radius 1 is 1.14 bits per heavy atom. The molecule has 1 aromatic carbocycles. The maximum absolute atomic E-state index is 15.6. The Bertz CT molecular complexity index is 1830. The molecule has 10 nitrogen and oxygen atoms in total. The molecule has 1 fully saturated rings. The number of carbonyl (C=O) groups is 1. The third kappa shape index (κ3) is 5.29. The van der Waals surface area contributed by atoms with Gasteiger partial charge in [0.15, 0.2) is 0 Å². The summed E-state index contributed by atoms with van der Waals surface area (Å²) in [6.07, 6.45) is 7.05. The Hall–Kier alpha value is -4.16. The summed E-state index contributed by atoms with van der Waals surface area (Å²) in [4.78, 5) is 28.6. The van der Waals surface area contributed by atoms with Crippen molar-refractivity contribution in [2.45, 2.75) is 44.1 Å². The number of rotatable bonds is 9. The minimum Gasteiger partial charge on any atom is -0.475 e. The first-order valence-electron chi connectivity index (χ1n) is 14.1. The van der Waals surface area contributed by atoms with Crippen LogP contribution in [-0.2, 0) is 20.2 Å². The molecular weight excluding hydrogens is 571 g/mol. The highest BCUT2D eigenvalue weighted by molar-refractivity contribution is 7.92. The molecule has 0 saturated heterocycles. The molecule has 0 radical (unpaired) electrons. The van der Waals surface area contributed by atoms with E-state index in [0.717, 1.165) is 17.5 Å². The number of likely N-dealkylation sites (N-methyl/N-ethyl adjacent to an activating group) is 1. The van der Waals surface area contributed by atoms with E-state index in [1.807, 2.05) is 32.0 Å². The lowest BCUT2D eigenvalue weighted by atomic mass is 9.57. The zero-order valence-electron chi connectivity index (χ0n) is 24.4. The van der Waals surface area contributed by atoms with Crippen molar-refractivity contribution in [3.63, 3.8) is 0 Å². The van der Waals surface area contributed by atoms with Gasteiger partial charge in [0.2, 0.25) is 21.8 Å². The smallest absolute Gasteiger partial charge is 0.238 e. The zero-order valence-corrected chi connectivity index (χ0v) is 25.2. The van der Waals surface area contributed by atoms with E-state index < -0.39 is 21.3 Å². The predicted octanol–water partition coefficient (Wildman–Crippen LogP) is 4.37. The first-order valence-corrected chi connectivity index (χ1v) is 16.0. The number of nitrogens with zero attached hydrogens (tertiary/aromatic N) is 4. The van der Waals surface area contributed by atoms with Crippen molar-refractivity contribution in [3.05, 3.63) is 72.1 Å². The van der Waals surface area contributed by atoms with Crippen LogP contribution in [0.1, 0.15) is 43.9 Å². The van der Waals surface area contributed by atoms with Gasteiger partial charge in [-0.2, -0.15) is 0 Å². The van der Waals surface area contributed by atoms with Crippen LogP contribution in [-0.4, -0.2) is 61.8 Å². The van der Waals surface area contributed by atoms with Crippen LogP contribution in [0.4, 0.5) is 15.8 Å². The summed E-state index contributed by atoms with van der Waals surface area (Å²) in [5.74, 6) is -0.340. The van der Waals surface area contributed by atoms with Gasteiger partial charge in [0.25, 0.3) is 0 Å². The van der Waals surface area contributed by atoms with Crippen LogP contribution in [0.25, 0.3) is 22.0 Å². The summed E-state index contributed by atoms with van der Waals surface area (Å²) in [5.41, 5.74) is 2.81. The third-order valence-electron chi connectivity index (χ3n) is 8.14. The Labute approximate surface area is 249 Å². The van der Waals surface area contributed by atoms with Gasteiger partial charge in [-0.25, -0.2) is 17.8 Å². The van der Waals surface area contributed by atoms with Crippen LogP contribution in [0.15, 0.2) is 55.0 Å². The number of ether oxygens (including phenoxy) is 1. The number of anilines is 2. The number of halogens is 1. The van der Waals surface area contributed by atoms with Crippen LogP contribution in [0.2, 0.25) is 0 Å². The second-order valence-corrected chi connectivity index (χ2v) is 13.3. The standard InChI is InChI=1S/C31H33FN6O4S/c1-18(2)33-9-10-42-29-26(37-43(4,40)41)11-19(16-36-29)21-12-22-25(13-23(21)32)35-17-27-28(22)31(30(39)38(27)3)14-20(15-31)24-7-5-6-8-34-24/h5-8,11-13,16-18,20,33,37H,9-10,14-15H2,1-4H3/t20-,31+. The van der Waals surface area contributed by atoms with Gasteiger partial charge >= 0.3 is 0 Å². The van der Waals surface area contributed by atoms with Crippen LogP contribution in [0.5, 0.6) is 5.88 Å². The minimum atomic E-state index is -3.68. The molecule has 12 heteroatoms. The fourth-order valence-electron chi connectivity index (χ4n) is 6.19. The number of fused-ring (bicyclic) bond motifs is 4. The molecule has 1 aliphatic heterocycles. The van der Waals surface area contributed by atoms with E-state index in [0.29, 0.717) is 41.5 Å². The van der Waals surface area contributed by atoms with Crippen molar-refractivity contribution in [3.8, 4) is 17.0 Å². The van der Waals surface area contributed by atoms with Gasteiger partial charge in [-0.3, -0.25) is 19.5 Å². The lowest BCUT2D eigenvalue weighted by Gasteiger charge is -2.44. The molecule has 0 bridgehead atoms. The van der Waals surface area contributed by atoms with E-state index >= 15 is 4.39 Å². The van der Waals surface area contributed by atoms with Gasteiger partial charge in [-0.05, 0) is 37.1 Å². The Balaban J connectivity index is 1.41. The fraction of sp³-hybridized carbons (Fsp3) is 0.355. The summed E-state index contributed by atoms with van der Waals surface area (Å²) in [5, 5.41) is 3.89. The number of hydrogen-bond donors (Lipinski definition) is 2. The highest BCUT2D eigenvalue weighted by Crippen LogP contribution is 2.60.